The minimum atomic E-state index is -0.217. The number of aromatic nitrogens is 1. The number of carbonyl (C=O) groups excluding carboxylic acids is 1. The molecule has 0 spiro atoms. The molecule has 0 aliphatic carbocycles. The molecule has 1 saturated heterocycles. The van der Waals surface area contributed by atoms with Crippen molar-refractivity contribution in [2.75, 3.05) is 25.0 Å². The van der Waals surface area contributed by atoms with Crippen molar-refractivity contribution in [3.8, 4) is 5.75 Å². The Kier molecular flexibility index (Phi) is 6.51. The van der Waals surface area contributed by atoms with Crippen LogP contribution in [0.3, 0.4) is 0 Å². The van der Waals surface area contributed by atoms with Crippen molar-refractivity contribution in [2.45, 2.75) is 33.2 Å². The molecule has 1 aliphatic rings. The van der Waals surface area contributed by atoms with E-state index in [9.17, 15) is 4.79 Å². The summed E-state index contributed by atoms with van der Waals surface area (Å²) in [5.74, 6) is 1.23. The van der Waals surface area contributed by atoms with Gasteiger partial charge in [-0.25, -0.2) is 4.98 Å². The average Bonchev–Trinajstić information content (AvgIpc) is 3.05. The van der Waals surface area contributed by atoms with E-state index >= 15 is 0 Å². The normalized spacial score (nSPS) is 15.8. The molecule has 2 heterocycles. The number of nitrogens with zero attached hydrogens (tertiary/aromatic N) is 2. The quantitative estimate of drug-likeness (QED) is 0.792. The third-order valence-electron chi connectivity index (χ3n) is 4.56. The SMILES string of the molecule is Cc1cc(OCC(=O)Nc2nc(CN3CCC(C)CC3)cs2)ccc1Cl. The smallest absolute Gasteiger partial charge is 0.264 e. The molecule has 1 aromatic heterocycles. The molecule has 0 unspecified atom stereocenters. The van der Waals surface area contributed by atoms with Crippen molar-refractivity contribution in [3.05, 3.63) is 39.9 Å². The number of hydrogen-bond acceptors (Lipinski definition) is 5. The topological polar surface area (TPSA) is 54.5 Å². The summed E-state index contributed by atoms with van der Waals surface area (Å²) in [6.07, 6.45) is 2.49. The lowest BCUT2D eigenvalue weighted by Gasteiger charge is -2.29. The van der Waals surface area contributed by atoms with Gasteiger partial charge in [0.2, 0.25) is 0 Å². The monoisotopic (exact) mass is 393 g/mol. The van der Waals surface area contributed by atoms with Gasteiger partial charge >= 0.3 is 0 Å². The Hall–Kier alpha value is -1.63. The molecule has 0 atom stereocenters. The highest BCUT2D eigenvalue weighted by atomic mass is 35.5. The first-order valence-electron chi connectivity index (χ1n) is 8.85. The summed E-state index contributed by atoms with van der Waals surface area (Å²) < 4.78 is 5.51. The molecule has 140 valence electrons. The van der Waals surface area contributed by atoms with Gasteiger partial charge in [0.1, 0.15) is 5.75 Å². The number of likely N-dealkylation sites (tertiary alicyclic amines) is 1. The molecule has 0 bridgehead atoms. The van der Waals surface area contributed by atoms with Crippen molar-refractivity contribution in [1.29, 1.82) is 0 Å². The van der Waals surface area contributed by atoms with E-state index in [1.807, 2.05) is 18.4 Å². The molecule has 1 N–H and O–H groups in total. The minimum absolute atomic E-state index is 0.0556. The Morgan fingerprint density at radius 1 is 1.42 bits per heavy atom. The number of nitrogens with one attached hydrogen (secondary N) is 1. The average molecular weight is 394 g/mol. The number of benzene rings is 1. The van der Waals surface area contributed by atoms with Crippen molar-refractivity contribution in [2.24, 2.45) is 5.92 Å². The zero-order valence-corrected chi connectivity index (χ0v) is 16.7. The van der Waals surface area contributed by atoms with E-state index in [2.05, 4.69) is 22.1 Å². The molecule has 3 rings (SSSR count). The van der Waals surface area contributed by atoms with Crippen LogP contribution < -0.4 is 10.1 Å². The summed E-state index contributed by atoms with van der Waals surface area (Å²) >= 11 is 7.44. The van der Waals surface area contributed by atoms with Gasteiger partial charge in [-0.05, 0) is 62.5 Å². The summed E-state index contributed by atoms with van der Waals surface area (Å²) in [4.78, 5) is 19.0. The van der Waals surface area contributed by atoms with E-state index in [4.69, 9.17) is 16.3 Å². The van der Waals surface area contributed by atoms with Gasteiger partial charge in [-0.3, -0.25) is 15.0 Å². The predicted molar refractivity (Wildman–Crippen MR) is 106 cm³/mol. The standard InChI is InChI=1S/C19H24ClN3O2S/c1-13-5-7-23(8-6-13)10-15-12-26-19(21-15)22-18(24)11-25-16-3-4-17(20)14(2)9-16/h3-4,9,12-13H,5-8,10-11H2,1-2H3,(H,21,22,24). The Balaban J connectivity index is 1.45. The summed E-state index contributed by atoms with van der Waals surface area (Å²) in [6.45, 7) is 7.24. The van der Waals surface area contributed by atoms with Crippen LogP contribution in [-0.4, -0.2) is 35.5 Å². The first-order chi connectivity index (χ1) is 12.5. The number of carbonyl (C=O) groups is 1. The second-order valence-electron chi connectivity index (χ2n) is 6.85. The molecule has 0 saturated carbocycles. The minimum Gasteiger partial charge on any atom is -0.484 e. The first kappa shape index (κ1) is 19.1. The van der Waals surface area contributed by atoms with Crippen LogP contribution in [-0.2, 0) is 11.3 Å². The Morgan fingerprint density at radius 2 is 2.19 bits per heavy atom. The van der Waals surface area contributed by atoms with Crippen LogP contribution in [0.1, 0.15) is 31.0 Å². The van der Waals surface area contributed by atoms with E-state index < -0.39 is 0 Å². The van der Waals surface area contributed by atoms with Gasteiger partial charge in [-0.2, -0.15) is 0 Å². The molecular weight excluding hydrogens is 370 g/mol. The summed E-state index contributed by atoms with van der Waals surface area (Å²) in [5, 5.41) is 6.11. The Labute approximate surface area is 163 Å². The maximum absolute atomic E-state index is 12.1. The van der Waals surface area contributed by atoms with E-state index in [0.717, 1.165) is 36.8 Å². The van der Waals surface area contributed by atoms with Gasteiger partial charge in [0.25, 0.3) is 5.91 Å². The zero-order chi connectivity index (χ0) is 18.5. The number of amides is 1. The number of rotatable bonds is 6. The predicted octanol–water partition coefficient (Wildman–Crippen LogP) is 4.35. The zero-order valence-electron chi connectivity index (χ0n) is 15.1. The molecule has 7 heteroatoms. The Morgan fingerprint density at radius 3 is 2.92 bits per heavy atom. The third-order valence-corrected chi connectivity index (χ3v) is 5.79. The molecule has 1 aromatic carbocycles. The van der Waals surface area contributed by atoms with Gasteiger partial charge in [-0.1, -0.05) is 18.5 Å². The van der Waals surface area contributed by atoms with Crippen molar-refractivity contribution >= 4 is 34.0 Å². The second-order valence-corrected chi connectivity index (χ2v) is 8.12. The number of ether oxygens (including phenoxy) is 1. The number of piperidine rings is 1. The molecule has 26 heavy (non-hydrogen) atoms. The fraction of sp³-hybridized carbons (Fsp3) is 0.474. The third kappa shape index (κ3) is 5.43. The van der Waals surface area contributed by atoms with Crippen LogP contribution in [0.25, 0.3) is 0 Å². The fourth-order valence-electron chi connectivity index (χ4n) is 2.90. The second kappa shape index (κ2) is 8.84. The molecule has 2 aromatic rings. The van der Waals surface area contributed by atoms with E-state index in [0.29, 0.717) is 15.9 Å². The lowest BCUT2D eigenvalue weighted by Crippen LogP contribution is -2.32. The fourth-order valence-corrected chi connectivity index (χ4v) is 3.73. The van der Waals surface area contributed by atoms with Gasteiger partial charge in [0, 0.05) is 16.9 Å². The molecular formula is C19H24ClN3O2S. The van der Waals surface area contributed by atoms with Crippen molar-refractivity contribution in [3.63, 3.8) is 0 Å². The van der Waals surface area contributed by atoms with Crippen LogP contribution in [0.5, 0.6) is 5.75 Å². The highest BCUT2D eigenvalue weighted by molar-refractivity contribution is 7.13. The van der Waals surface area contributed by atoms with Crippen LogP contribution in [0, 0.1) is 12.8 Å². The van der Waals surface area contributed by atoms with Gasteiger partial charge in [0.15, 0.2) is 11.7 Å². The lowest BCUT2D eigenvalue weighted by atomic mass is 9.99. The van der Waals surface area contributed by atoms with Crippen LogP contribution in [0.2, 0.25) is 5.02 Å². The van der Waals surface area contributed by atoms with Crippen LogP contribution >= 0.6 is 22.9 Å². The van der Waals surface area contributed by atoms with Crippen LogP contribution in [0.15, 0.2) is 23.6 Å². The summed E-state index contributed by atoms with van der Waals surface area (Å²) in [5.41, 5.74) is 1.93. The summed E-state index contributed by atoms with van der Waals surface area (Å²) in [6, 6.07) is 5.33. The molecule has 1 amide bonds. The van der Waals surface area contributed by atoms with E-state index in [-0.39, 0.29) is 12.5 Å². The maximum atomic E-state index is 12.1. The highest BCUT2D eigenvalue weighted by Crippen LogP contribution is 2.22. The van der Waals surface area contributed by atoms with Gasteiger partial charge in [-0.15, -0.1) is 11.3 Å². The number of thiazole rings is 1. The van der Waals surface area contributed by atoms with Crippen LogP contribution in [0.4, 0.5) is 5.13 Å². The number of hydrogen-bond donors (Lipinski definition) is 1. The largest absolute Gasteiger partial charge is 0.484 e. The molecule has 5 nitrogen and oxygen atoms in total. The molecule has 1 aliphatic heterocycles. The first-order valence-corrected chi connectivity index (χ1v) is 10.1. The number of anilines is 1. The Bertz CT molecular complexity index is 757. The van der Waals surface area contributed by atoms with Gasteiger partial charge < -0.3 is 4.74 Å². The highest BCUT2D eigenvalue weighted by Gasteiger charge is 2.17. The van der Waals surface area contributed by atoms with E-state index in [1.54, 1.807) is 12.1 Å². The van der Waals surface area contributed by atoms with E-state index in [1.165, 1.54) is 24.2 Å². The van der Waals surface area contributed by atoms with Gasteiger partial charge in [0.05, 0.1) is 5.69 Å². The number of aryl methyl sites for hydroxylation is 1. The maximum Gasteiger partial charge on any atom is 0.264 e. The lowest BCUT2D eigenvalue weighted by molar-refractivity contribution is -0.118. The number of halogens is 1. The van der Waals surface area contributed by atoms with Crippen molar-refractivity contribution < 1.29 is 9.53 Å². The summed E-state index contributed by atoms with van der Waals surface area (Å²) in [7, 11) is 0. The molecule has 0 radical (unpaired) electrons. The van der Waals surface area contributed by atoms with Crippen molar-refractivity contribution in [1.82, 2.24) is 9.88 Å². The molecule has 1 fully saturated rings.